The molecule has 2 aromatic carbocycles. The first-order chi connectivity index (χ1) is 13.9. The molecule has 1 aliphatic heterocycles. The summed E-state index contributed by atoms with van der Waals surface area (Å²) in [6.45, 7) is 4.41. The molecular formula is C22H25N3O4. The highest BCUT2D eigenvalue weighted by Crippen LogP contribution is 2.23. The fourth-order valence-electron chi connectivity index (χ4n) is 3.39. The van der Waals surface area contributed by atoms with Crippen molar-refractivity contribution in [2.75, 3.05) is 37.0 Å². The van der Waals surface area contributed by atoms with Crippen LogP contribution in [0.2, 0.25) is 0 Å². The summed E-state index contributed by atoms with van der Waals surface area (Å²) in [4.78, 5) is 40.3. The zero-order chi connectivity index (χ0) is 21.0. The molecule has 2 aromatic rings. The molecule has 1 heterocycles. The molecule has 3 rings (SSSR count). The van der Waals surface area contributed by atoms with Crippen molar-refractivity contribution in [3.05, 3.63) is 53.6 Å². The third-order valence-corrected chi connectivity index (χ3v) is 5.03. The van der Waals surface area contributed by atoms with Gasteiger partial charge in [-0.25, -0.2) is 0 Å². The first kappa shape index (κ1) is 20.4. The molecule has 1 saturated heterocycles. The Kier molecular flexibility index (Phi) is 6.16. The summed E-state index contributed by atoms with van der Waals surface area (Å²) in [5, 5.41) is 2.90. The molecule has 1 aliphatic rings. The minimum Gasteiger partial charge on any atom is -0.497 e. The number of carbonyl (C=O) groups excluding carboxylic acids is 3. The van der Waals surface area contributed by atoms with Crippen molar-refractivity contribution in [1.82, 2.24) is 4.90 Å². The Balaban J connectivity index is 1.65. The fraction of sp³-hybridized carbons (Fsp3) is 0.318. The number of para-hydroxylation sites is 1. The predicted octanol–water partition coefficient (Wildman–Crippen LogP) is 2.38. The summed E-state index contributed by atoms with van der Waals surface area (Å²) in [5.41, 5.74) is 3.39. The lowest BCUT2D eigenvalue weighted by Crippen LogP contribution is -2.56. The van der Waals surface area contributed by atoms with E-state index in [4.69, 9.17) is 4.74 Å². The van der Waals surface area contributed by atoms with E-state index in [1.165, 1.54) is 9.80 Å². The van der Waals surface area contributed by atoms with Gasteiger partial charge in [-0.1, -0.05) is 25.1 Å². The zero-order valence-corrected chi connectivity index (χ0v) is 16.9. The third-order valence-electron chi connectivity index (χ3n) is 5.03. The SMILES string of the molecule is CCc1cccc(C)c1NC(=O)CN1CCN(c2ccc(OC)cc2)C(=O)C1=O. The van der Waals surface area contributed by atoms with Crippen LogP contribution < -0.4 is 15.0 Å². The number of hydrogen-bond donors (Lipinski definition) is 1. The van der Waals surface area contributed by atoms with Crippen LogP contribution in [0.1, 0.15) is 18.1 Å². The van der Waals surface area contributed by atoms with Crippen LogP contribution in [-0.2, 0) is 20.8 Å². The molecule has 7 heteroatoms. The molecule has 0 atom stereocenters. The monoisotopic (exact) mass is 395 g/mol. The number of piperazine rings is 1. The number of aryl methyl sites for hydroxylation is 2. The maximum absolute atomic E-state index is 12.6. The van der Waals surface area contributed by atoms with Crippen LogP contribution in [0.4, 0.5) is 11.4 Å². The summed E-state index contributed by atoms with van der Waals surface area (Å²) in [5.74, 6) is -0.958. The predicted molar refractivity (Wildman–Crippen MR) is 111 cm³/mol. The van der Waals surface area contributed by atoms with E-state index in [0.717, 1.165) is 23.2 Å². The number of carbonyl (C=O) groups is 3. The minimum atomic E-state index is -0.678. The van der Waals surface area contributed by atoms with E-state index in [0.29, 0.717) is 24.5 Å². The number of methoxy groups -OCH3 is 1. The number of benzene rings is 2. The first-order valence-corrected chi connectivity index (χ1v) is 9.57. The summed E-state index contributed by atoms with van der Waals surface area (Å²) in [7, 11) is 1.56. The van der Waals surface area contributed by atoms with Crippen molar-refractivity contribution in [1.29, 1.82) is 0 Å². The Hall–Kier alpha value is -3.35. The Morgan fingerprint density at radius 3 is 2.45 bits per heavy atom. The van der Waals surface area contributed by atoms with Crippen LogP contribution in [0.25, 0.3) is 0 Å². The molecular weight excluding hydrogens is 370 g/mol. The van der Waals surface area contributed by atoms with Crippen molar-refractivity contribution in [2.45, 2.75) is 20.3 Å². The van der Waals surface area contributed by atoms with Gasteiger partial charge < -0.3 is 19.9 Å². The number of nitrogens with zero attached hydrogens (tertiary/aromatic N) is 2. The molecule has 7 nitrogen and oxygen atoms in total. The van der Waals surface area contributed by atoms with Crippen LogP contribution in [0.3, 0.4) is 0 Å². The van der Waals surface area contributed by atoms with Gasteiger partial charge in [0.1, 0.15) is 12.3 Å². The highest BCUT2D eigenvalue weighted by Gasteiger charge is 2.34. The quantitative estimate of drug-likeness (QED) is 0.762. The van der Waals surface area contributed by atoms with Gasteiger partial charge in [0.2, 0.25) is 5.91 Å². The third kappa shape index (κ3) is 4.39. The standard InChI is InChI=1S/C22H25N3O4/c1-4-16-7-5-6-15(2)20(16)23-19(26)14-24-12-13-25(22(28)21(24)27)17-8-10-18(29-3)11-9-17/h5-11H,4,12-14H2,1-3H3,(H,23,26). The van der Waals surface area contributed by atoms with Gasteiger partial charge in [0.25, 0.3) is 0 Å². The van der Waals surface area contributed by atoms with Gasteiger partial charge in [-0.2, -0.15) is 0 Å². The Morgan fingerprint density at radius 1 is 1.07 bits per heavy atom. The van der Waals surface area contributed by atoms with Crippen molar-refractivity contribution in [3.63, 3.8) is 0 Å². The second-order valence-corrected chi connectivity index (χ2v) is 6.89. The average molecular weight is 395 g/mol. The van der Waals surface area contributed by atoms with Gasteiger partial charge in [-0.05, 0) is 48.7 Å². The normalized spacial score (nSPS) is 14.2. The number of hydrogen-bond acceptors (Lipinski definition) is 4. The highest BCUT2D eigenvalue weighted by atomic mass is 16.5. The Bertz CT molecular complexity index is 924. The molecule has 3 amide bonds. The number of ether oxygens (including phenoxy) is 1. The van der Waals surface area contributed by atoms with Gasteiger partial charge in [-0.3, -0.25) is 14.4 Å². The molecule has 0 bridgehead atoms. The van der Waals surface area contributed by atoms with E-state index in [2.05, 4.69) is 5.32 Å². The topological polar surface area (TPSA) is 79.0 Å². The maximum atomic E-state index is 12.6. The van der Waals surface area contributed by atoms with Crippen LogP contribution in [0.15, 0.2) is 42.5 Å². The van der Waals surface area contributed by atoms with E-state index < -0.39 is 11.8 Å². The molecule has 0 aliphatic carbocycles. The van der Waals surface area contributed by atoms with Crippen molar-refractivity contribution >= 4 is 29.1 Å². The van der Waals surface area contributed by atoms with E-state index in [1.807, 2.05) is 32.0 Å². The lowest BCUT2D eigenvalue weighted by atomic mass is 10.1. The van der Waals surface area contributed by atoms with Gasteiger partial charge in [0, 0.05) is 24.5 Å². The fourth-order valence-corrected chi connectivity index (χ4v) is 3.39. The second-order valence-electron chi connectivity index (χ2n) is 6.89. The minimum absolute atomic E-state index is 0.154. The van der Waals surface area contributed by atoms with Crippen LogP contribution in [-0.4, -0.2) is 49.4 Å². The van der Waals surface area contributed by atoms with Crippen LogP contribution >= 0.6 is 0 Å². The van der Waals surface area contributed by atoms with Crippen LogP contribution in [0.5, 0.6) is 5.75 Å². The van der Waals surface area contributed by atoms with E-state index in [-0.39, 0.29) is 12.5 Å². The van der Waals surface area contributed by atoms with Gasteiger partial charge in [0.05, 0.1) is 7.11 Å². The molecule has 1 N–H and O–H groups in total. The average Bonchev–Trinajstić information content (AvgIpc) is 2.73. The summed E-state index contributed by atoms with van der Waals surface area (Å²) in [6.07, 6.45) is 0.787. The van der Waals surface area contributed by atoms with Crippen molar-refractivity contribution in [3.8, 4) is 5.75 Å². The highest BCUT2D eigenvalue weighted by molar-refractivity contribution is 6.41. The molecule has 0 saturated carbocycles. The molecule has 0 unspecified atom stereocenters. The largest absolute Gasteiger partial charge is 0.497 e. The Labute approximate surface area is 170 Å². The molecule has 152 valence electrons. The number of rotatable bonds is 6. The molecule has 29 heavy (non-hydrogen) atoms. The molecule has 0 radical (unpaired) electrons. The molecule has 0 spiro atoms. The second kappa shape index (κ2) is 8.77. The lowest BCUT2D eigenvalue weighted by molar-refractivity contribution is -0.147. The van der Waals surface area contributed by atoms with E-state index >= 15 is 0 Å². The number of nitrogens with one attached hydrogen (secondary N) is 1. The Morgan fingerprint density at radius 2 is 1.79 bits per heavy atom. The number of amides is 3. The zero-order valence-electron chi connectivity index (χ0n) is 16.9. The summed E-state index contributed by atoms with van der Waals surface area (Å²) in [6, 6.07) is 12.8. The van der Waals surface area contributed by atoms with Crippen LogP contribution in [0, 0.1) is 6.92 Å². The van der Waals surface area contributed by atoms with E-state index in [1.54, 1.807) is 31.4 Å². The lowest BCUT2D eigenvalue weighted by Gasteiger charge is -2.33. The summed E-state index contributed by atoms with van der Waals surface area (Å²) < 4.78 is 5.12. The maximum Gasteiger partial charge on any atom is 0.316 e. The van der Waals surface area contributed by atoms with E-state index in [9.17, 15) is 14.4 Å². The molecule has 1 fully saturated rings. The van der Waals surface area contributed by atoms with Gasteiger partial charge in [0.15, 0.2) is 0 Å². The first-order valence-electron chi connectivity index (χ1n) is 9.57. The smallest absolute Gasteiger partial charge is 0.316 e. The number of anilines is 2. The van der Waals surface area contributed by atoms with Crippen molar-refractivity contribution < 1.29 is 19.1 Å². The van der Waals surface area contributed by atoms with Crippen molar-refractivity contribution in [2.24, 2.45) is 0 Å². The molecule has 0 aromatic heterocycles. The van der Waals surface area contributed by atoms with Gasteiger partial charge >= 0.3 is 11.8 Å². The van der Waals surface area contributed by atoms with Gasteiger partial charge in [-0.15, -0.1) is 0 Å². The summed E-state index contributed by atoms with van der Waals surface area (Å²) >= 11 is 0.